The number of carbonyl (C=O) groups is 1. The van der Waals surface area contributed by atoms with Gasteiger partial charge in [-0.1, -0.05) is 6.92 Å². The average Bonchev–Trinajstić information content (AvgIpc) is 2.30. The zero-order chi connectivity index (χ0) is 10.1. The second kappa shape index (κ2) is 3.63. The molecule has 6 heteroatoms. The molecule has 13 heavy (non-hydrogen) atoms. The second-order valence-electron chi connectivity index (χ2n) is 3.27. The molecule has 1 aliphatic heterocycles. The molecule has 0 amide bonds. The summed E-state index contributed by atoms with van der Waals surface area (Å²) in [5.41, 5.74) is 0. The highest BCUT2D eigenvalue weighted by Gasteiger charge is 2.30. The highest BCUT2D eigenvalue weighted by atomic mass is 32.2. The second-order valence-corrected chi connectivity index (χ2v) is 5.36. The van der Waals surface area contributed by atoms with E-state index in [0.29, 0.717) is 13.0 Å². The van der Waals surface area contributed by atoms with Crippen molar-refractivity contribution in [2.75, 3.05) is 18.8 Å². The maximum absolute atomic E-state index is 11.3. The Morgan fingerprint density at radius 1 is 1.62 bits per heavy atom. The normalized spacial score (nSPS) is 24.4. The van der Waals surface area contributed by atoms with Gasteiger partial charge in [0.25, 0.3) is 0 Å². The topological polar surface area (TPSA) is 74.7 Å². The monoisotopic (exact) mass is 207 g/mol. The first-order valence-electron chi connectivity index (χ1n) is 4.14. The molecule has 0 aliphatic carbocycles. The van der Waals surface area contributed by atoms with E-state index in [-0.39, 0.29) is 12.3 Å². The Morgan fingerprint density at radius 2 is 2.23 bits per heavy atom. The molecule has 0 saturated carbocycles. The van der Waals surface area contributed by atoms with Gasteiger partial charge in [0.1, 0.15) is 0 Å². The van der Waals surface area contributed by atoms with Crippen LogP contribution in [0.1, 0.15) is 13.3 Å². The van der Waals surface area contributed by atoms with Crippen LogP contribution in [0.2, 0.25) is 0 Å². The fourth-order valence-corrected chi connectivity index (χ4v) is 2.89. The lowest BCUT2D eigenvalue weighted by atomic mass is 10.2. The number of carboxylic acid groups (broad SMARTS) is 1. The summed E-state index contributed by atoms with van der Waals surface area (Å²) < 4.78 is 23.8. The van der Waals surface area contributed by atoms with Crippen molar-refractivity contribution in [3.8, 4) is 0 Å². The number of hydrogen-bond acceptors (Lipinski definition) is 3. The third-order valence-electron chi connectivity index (χ3n) is 2.10. The lowest BCUT2D eigenvalue weighted by molar-refractivity contribution is -0.141. The lowest BCUT2D eigenvalue weighted by Gasteiger charge is -2.16. The summed E-state index contributed by atoms with van der Waals surface area (Å²) in [6.07, 6.45) is 0.606. The summed E-state index contributed by atoms with van der Waals surface area (Å²) in [6, 6.07) is 0. The van der Waals surface area contributed by atoms with Crippen LogP contribution in [0.15, 0.2) is 0 Å². The first kappa shape index (κ1) is 10.5. The van der Waals surface area contributed by atoms with Gasteiger partial charge in [-0.15, -0.1) is 0 Å². The van der Waals surface area contributed by atoms with Gasteiger partial charge in [-0.25, -0.2) is 12.7 Å². The van der Waals surface area contributed by atoms with Gasteiger partial charge >= 0.3 is 5.97 Å². The molecule has 1 N–H and O–H groups in total. The Hall–Kier alpha value is -0.620. The molecule has 1 rings (SSSR count). The van der Waals surface area contributed by atoms with Gasteiger partial charge in [-0.2, -0.15) is 0 Å². The van der Waals surface area contributed by atoms with E-state index in [9.17, 15) is 13.2 Å². The fraction of sp³-hybridized carbons (Fsp3) is 0.857. The summed E-state index contributed by atoms with van der Waals surface area (Å²) in [5.74, 6) is -1.44. The number of carboxylic acids is 1. The van der Waals surface area contributed by atoms with Crippen LogP contribution < -0.4 is 0 Å². The van der Waals surface area contributed by atoms with E-state index in [1.807, 2.05) is 0 Å². The van der Waals surface area contributed by atoms with Gasteiger partial charge in [-0.05, 0) is 6.42 Å². The Kier molecular flexibility index (Phi) is 2.92. The van der Waals surface area contributed by atoms with Crippen LogP contribution in [0.4, 0.5) is 0 Å². The quantitative estimate of drug-likeness (QED) is 0.692. The Bertz CT molecular complexity index is 298. The lowest BCUT2D eigenvalue weighted by Crippen LogP contribution is -2.33. The van der Waals surface area contributed by atoms with Gasteiger partial charge < -0.3 is 5.11 Å². The molecule has 1 aliphatic rings. The van der Waals surface area contributed by atoms with Crippen LogP contribution in [0, 0.1) is 5.92 Å². The molecule has 1 unspecified atom stereocenters. The molecule has 0 aromatic rings. The van der Waals surface area contributed by atoms with Gasteiger partial charge in [0.05, 0.1) is 11.7 Å². The Morgan fingerprint density at radius 3 is 2.62 bits per heavy atom. The summed E-state index contributed by atoms with van der Waals surface area (Å²) in [6.45, 7) is 2.06. The van der Waals surface area contributed by atoms with Gasteiger partial charge in [0, 0.05) is 13.1 Å². The first-order valence-corrected chi connectivity index (χ1v) is 5.75. The zero-order valence-corrected chi connectivity index (χ0v) is 8.25. The van der Waals surface area contributed by atoms with Crippen LogP contribution in [0.3, 0.4) is 0 Å². The molecule has 1 saturated heterocycles. The SMILES string of the molecule is CC(CN1CCCS1(=O)=O)C(=O)O. The highest BCUT2D eigenvalue weighted by molar-refractivity contribution is 7.89. The molecular formula is C7H13NO4S. The van der Waals surface area contributed by atoms with Crippen molar-refractivity contribution in [1.29, 1.82) is 0 Å². The van der Waals surface area contributed by atoms with E-state index < -0.39 is 21.9 Å². The summed E-state index contributed by atoms with van der Waals surface area (Å²) in [4.78, 5) is 10.5. The molecule has 1 fully saturated rings. The van der Waals surface area contributed by atoms with Crippen LogP contribution in [-0.2, 0) is 14.8 Å². The van der Waals surface area contributed by atoms with Crippen molar-refractivity contribution >= 4 is 16.0 Å². The zero-order valence-electron chi connectivity index (χ0n) is 7.43. The minimum Gasteiger partial charge on any atom is -0.481 e. The Labute approximate surface area is 77.4 Å². The standard InChI is InChI=1S/C7H13NO4S/c1-6(7(9)10)5-8-3-2-4-13(8,11)12/h6H,2-5H2,1H3,(H,9,10). The summed E-state index contributed by atoms with van der Waals surface area (Å²) in [7, 11) is -3.15. The third kappa shape index (κ3) is 2.41. The van der Waals surface area contributed by atoms with E-state index in [0.717, 1.165) is 0 Å². The first-order chi connectivity index (χ1) is 5.93. The predicted molar refractivity (Wildman–Crippen MR) is 46.8 cm³/mol. The molecule has 5 nitrogen and oxygen atoms in total. The smallest absolute Gasteiger partial charge is 0.307 e. The number of nitrogens with zero attached hydrogens (tertiary/aromatic N) is 1. The van der Waals surface area contributed by atoms with Crippen molar-refractivity contribution in [2.24, 2.45) is 5.92 Å². The molecule has 1 atom stereocenters. The highest BCUT2D eigenvalue weighted by Crippen LogP contribution is 2.15. The largest absolute Gasteiger partial charge is 0.481 e. The number of sulfonamides is 1. The maximum Gasteiger partial charge on any atom is 0.307 e. The van der Waals surface area contributed by atoms with Gasteiger partial charge in [-0.3, -0.25) is 4.79 Å². The average molecular weight is 207 g/mol. The van der Waals surface area contributed by atoms with E-state index in [1.54, 1.807) is 0 Å². The van der Waals surface area contributed by atoms with Gasteiger partial charge in [0.15, 0.2) is 0 Å². The van der Waals surface area contributed by atoms with Crippen molar-refractivity contribution in [3.63, 3.8) is 0 Å². The van der Waals surface area contributed by atoms with Crippen molar-refractivity contribution < 1.29 is 18.3 Å². The van der Waals surface area contributed by atoms with E-state index in [4.69, 9.17) is 5.11 Å². The number of aliphatic carboxylic acids is 1. The van der Waals surface area contributed by atoms with E-state index in [2.05, 4.69) is 0 Å². The molecular weight excluding hydrogens is 194 g/mol. The summed E-state index contributed by atoms with van der Waals surface area (Å²) in [5, 5.41) is 8.59. The number of rotatable bonds is 3. The van der Waals surface area contributed by atoms with Crippen molar-refractivity contribution in [2.45, 2.75) is 13.3 Å². The minimum atomic E-state index is -3.15. The molecule has 0 aromatic heterocycles. The van der Waals surface area contributed by atoms with Crippen molar-refractivity contribution in [3.05, 3.63) is 0 Å². The van der Waals surface area contributed by atoms with Crippen molar-refractivity contribution in [1.82, 2.24) is 4.31 Å². The summed E-state index contributed by atoms with van der Waals surface area (Å²) >= 11 is 0. The fourth-order valence-electron chi connectivity index (χ4n) is 1.28. The van der Waals surface area contributed by atoms with E-state index in [1.165, 1.54) is 11.2 Å². The minimum absolute atomic E-state index is 0.0949. The van der Waals surface area contributed by atoms with Crippen LogP contribution >= 0.6 is 0 Å². The maximum atomic E-state index is 11.3. The Balaban J connectivity index is 2.60. The van der Waals surface area contributed by atoms with Crippen LogP contribution in [0.5, 0.6) is 0 Å². The molecule has 0 spiro atoms. The molecule has 76 valence electrons. The van der Waals surface area contributed by atoms with E-state index >= 15 is 0 Å². The third-order valence-corrected chi connectivity index (χ3v) is 4.03. The number of hydrogen-bond donors (Lipinski definition) is 1. The van der Waals surface area contributed by atoms with Crippen LogP contribution in [0.25, 0.3) is 0 Å². The van der Waals surface area contributed by atoms with Crippen LogP contribution in [-0.4, -0.2) is 42.6 Å². The molecule has 0 bridgehead atoms. The molecule has 1 heterocycles. The predicted octanol–water partition coefficient (Wildman–Crippen LogP) is -0.257. The van der Waals surface area contributed by atoms with Gasteiger partial charge in [0.2, 0.25) is 10.0 Å². The molecule has 0 aromatic carbocycles. The molecule has 0 radical (unpaired) electrons.